The number of hydrogen-bond donors (Lipinski definition) is 1. The number of carbonyl (C=O) groups is 2. The number of nitrogens with one attached hydrogen (secondary N) is 1. The number of nitrogens with zero attached hydrogens (tertiary/aromatic N) is 1. The predicted molar refractivity (Wildman–Crippen MR) is 117 cm³/mol. The van der Waals surface area contributed by atoms with Crippen molar-refractivity contribution < 1.29 is 14.3 Å². The number of rotatable bonds is 8. The molecule has 0 spiro atoms. The van der Waals surface area contributed by atoms with E-state index >= 15 is 0 Å². The van der Waals surface area contributed by atoms with E-state index in [1.54, 1.807) is 49.4 Å². The largest absolute Gasteiger partial charge is 0.482 e. The second-order valence-electron chi connectivity index (χ2n) is 6.83. The zero-order valence-corrected chi connectivity index (χ0v) is 18.7. The van der Waals surface area contributed by atoms with Crippen LogP contribution < -0.4 is 10.1 Å². The molecule has 1 N–H and O–H groups in total. The fourth-order valence-corrected chi connectivity index (χ4v) is 3.12. The second kappa shape index (κ2) is 10.7. The monoisotopic (exact) mass is 456 g/mol. The first-order chi connectivity index (χ1) is 13.7. The molecule has 1 unspecified atom stereocenters. The zero-order valence-electron chi connectivity index (χ0n) is 16.4. The maximum absolute atomic E-state index is 12.9. The lowest BCUT2D eigenvalue weighted by molar-refractivity contribution is -0.142. The molecule has 1 atom stereocenters. The van der Waals surface area contributed by atoms with Gasteiger partial charge in [0.15, 0.2) is 6.61 Å². The molecule has 0 heterocycles. The third-order valence-corrected chi connectivity index (χ3v) is 5.17. The average Bonchev–Trinajstić information content (AvgIpc) is 2.67. The molecule has 0 saturated heterocycles. The lowest BCUT2D eigenvalue weighted by atomic mass is 10.1. The second-order valence-corrected chi connectivity index (χ2v) is 8.05. The van der Waals surface area contributed by atoms with Crippen molar-refractivity contribution in [2.24, 2.45) is 0 Å². The van der Waals surface area contributed by atoms with Crippen LogP contribution in [0.5, 0.6) is 5.75 Å². The summed E-state index contributed by atoms with van der Waals surface area (Å²) >= 11 is 18.1. The number of para-hydroxylation sites is 1. The van der Waals surface area contributed by atoms with Gasteiger partial charge in [0, 0.05) is 12.6 Å². The van der Waals surface area contributed by atoms with E-state index in [2.05, 4.69) is 5.32 Å². The molecule has 0 aliphatic heterocycles. The molecule has 2 aromatic carbocycles. The highest BCUT2D eigenvalue weighted by Gasteiger charge is 2.27. The van der Waals surface area contributed by atoms with E-state index in [0.29, 0.717) is 20.8 Å². The normalized spacial score (nSPS) is 11.8. The molecule has 0 saturated carbocycles. The highest BCUT2D eigenvalue weighted by molar-refractivity contribution is 6.42. The van der Waals surface area contributed by atoms with Crippen LogP contribution in [0.4, 0.5) is 0 Å². The summed E-state index contributed by atoms with van der Waals surface area (Å²) in [5, 5.41) is 4.03. The maximum atomic E-state index is 12.9. The minimum absolute atomic E-state index is 0.0498. The molecule has 0 aliphatic rings. The molecule has 0 radical (unpaired) electrons. The predicted octanol–water partition coefficient (Wildman–Crippen LogP) is 4.97. The molecule has 5 nitrogen and oxygen atoms in total. The molecule has 8 heteroatoms. The van der Waals surface area contributed by atoms with Gasteiger partial charge >= 0.3 is 0 Å². The summed E-state index contributed by atoms with van der Waals surface area (Å²) in [5.41, 5.74) is 0.745. The van der Waals surface area contributed by atoms with Crippen LogP contribution in [0.25, 0.3) is 0 Å². The Morgan fingerprint density at radius 2 is 1.69 bits per heavy atom. The van der Waals surface area contributed by atoms with Gasteiger partial charge in [0.05, 0.1) is 15.1 Å². The van der Waals surface area contributed by atoms with Crippen LogP contribution in [-0.2, 0) is 16.1 Å². The van der Waals surface area contributed by atoms with Gasteiger partial charge in [0.1, 0.15) is 11.8 Å². The number of ether oxygens (including phenoxy) is 1. The van der Waals surface area contributed by atoms with E-state index in [4.69, 9.17) is 39.5 Å². The number of hydrogen-bond acceptors (Lipinski definition) is 3. The molecule has 0 bridgehead atoms. The summed E-state index contributed by atoms with van der Waals surface area (Å²) in [7, 11) is 0. The summed E-state index contributed by atoms with van der Waals surface area (Å²) in [5.74, 6) is -0.218. The van der Waals surface area contributed by atoms with Crippen LogP contribution in [0.15, 0.2) is 42.5 Å². The molecule has 29 heavy (non-hydrogen) atoms. The Labute approximate surface area is 185 Å². The van der Waals surface area contributed by atoms with Gasteiger partial charge in [-0.1, -0.05) is 53.0 Å². The lowest BCUT2D eigenvalue weighted by Crippen LogP contribution is -2.50. The summed E-state index contributed by atoms with van der Waals surface area (Å²) in [6.07, 6.45) is 0. The van der Waals surface area contributed by atoms with E-state index in [9.17, 15) is 9.59 Å². The van der Waals surface area contributed by atoms with Gasteiger partial charge in [-0.25, -0.2) is 0 Å². The van der Waals surface area contributed by atoms with Gasteiger partial charge in [0.2, 0.25) is 5.91 Å². The van der Waals surface area contributed by atoms with E-state index in [1.165, 1.54) is 4.90 Å². The zero-order chi connectivity index (χ0) is 21.6. The van der Waals surface area contributed by atoms with Crippen LogP contribution >= 0.6 is 34.8 Å². The molecule has 0 aliphatic carbocycles. The third-order valence-electron chi connectivity index (χ3n) is 4.12. The highest BCUT2D eigenvalue weighted by Crippen LogP contribution is 2.25. The Kier molecular flexibility index (Phi) is 8.62. The average molecular weight is 458 g/mol. The first kappa shape index (κ1) is 23.3. The van der Waals surface area contributed by atoms with Gasteiger partial charge in [-0.3, -0.25) is 9.59 Å². The standard InChI is InChI=1S/C21H23Cl3N2O3/c1-13(2)25-21(28)14(3)26(11-15-8-9-16(22)18(24)10-15)20(27)12-29-19-7-5-4-6-17(19)23/h4-10,13-14H,11-12H2,1-3H3,(H,25,28). The van der Waals surface area contributed by atoms with Gasteiger partial charge < -0.3 is 15.0 Å². The quantitative estimate of drug-likeness (QED) is 0.609. The van der Waals surface area contributed by atoms with Crippen molar-refractivity contribution >= 4 is 46.6 Å². The number of carbonyl (C=O) groups excluding carboxylic acids is 2. The lowest BCUT2D eigenvalue weighted by Gasteiger charge is -2.29. The molecular weight excluding hydrogens is 435 g/mol. The van der Waals surface area contributed by atoms with Gasteiger partial charge in [-0.15, -0.1) is 0 Å². The summed E-state index contributed by atoms with van der Waals surface area (Å²) in [6, 6.07) is 11.2. The molecule has 0 aromatic heterocycles. The Hall–Kier alpha value is -1.95. The fourth-order valence-electron chi connectivity index (χ4n) is 2.61. The topological polar surface area (TPSA) is 58.6 Å². The summed E-state index contributed by atoms with van der Waals surface area (Å²) in [6.45, 7) is 5.30. The molecule has 156 valence electrons. The van der Waals surface area contributed by atoms with Crippen LogP contribution in [-0.4, -0.2) is 35.4 Å². The van der Waals surface area contributed by atoms with Crippen molar-refractivity contribution in [3.63, 3.8) is 0 Å². The van der Waals surface area contributed by atoms with E-state index in [1.807, 2.05) is 13.8 Å². The van der Waals surface area contributed by atoms with Crippen LogP contribution in [0, 0.1) is 0 Å². The van der Waals surface area contributed by atoms with Crippen LogP contribution in [0.3, 0.4) is 0 Å². The Bertz CT molecular complexity index is 874. The van der Waals surface area contributed by atoms with Crippen LogP contribution in [0.1, 0.15) is 26.3 Å². The molecule has 2 aromatic rings. The van der Waals surface area contributed by atoms with Crippen molar-refractivity contribution in [2.45, 2.75) is 39.4 Å². The summed E-state index contributed by atoms with van der Waals surface area (Å²) in [4.78, 5) is 26.9. The van der Waals surface area contributed by atoms with Gasteiger partial charge in [-0.05, 0) is 50.6 Å². The maximum Gasteiger partial charge on any atom is 0.261 e. The van der Waals surface area contributed by atoms with Gasteiger partial charge in [0.25, 0.3) is 5.91 Å². The number of benzene rings is 2. The SMILES string of the molecule is CC(C)NC(=O)C(C)N(Cc1ccc(Cl)c(Cl)c1)C(=O)COc1ccccc1Cl. The summed E-state index contributed by atoms with van der Waals surface area (Å²) < 4.78 is 5.57. The molecular formula is C21H23Cl3N2O3. The third kappa shape index (κ3) is 6.81. The molecule has 0 fully saturated rings. The minimum atomic E-state index is -0.714. The van der Waals surface area contributed by atoms with Crippen LogP contribution in [0.2, 0.25) is 15.1 Å². The first-order valence-electron chi connectivity index (χ1n) is 9.10. The van der Waals surface area contributed by atoms with E-state index in [0.717, 1.165) is 5.56 Å². The Morgan fingerprint density at radius 1 is 1.00 bits per heavy atom. The number of amides is 2. The van der Waals surface area contributed by atoms with Crippen molar-refractivity contribution in [1.82, 2.24) is 10.2 Å². The minimum Gasteiger partial charge on any atom is -0.482 e. The highest BCUT2D eigenvalue weighted by atomic mass is 35.5. The fraction of sp³-hybridized carbons (Fsp3) is 0.333. The van der Waals surface area contributed by atoms with Crippen molar-refractivity contribution in [3.05, 3.63) is 63.1 Å². The van der Waals surface area contributed by atoms with Crippen molar-refractivity contribution in [2.75, 3.05) is 6.61 Å². The Balaban J connectivity index is 2.20. The van der Waals surface area contributed by atoms with Crippen molar-refractivity contribution in [3.8, 4) is 5.75 Å². The Morgan fingerprint density at radius 3 is 2.31 bits per heavy atom. The smallest absolute Gasteiger partial charge is 0.261 e. The van der Waals surface area contributed by atoms with E-state index in [-0.39, 0.29) is 31.0 Å². The first-order valence-corrected chi connectivity index (χ1v) is 10.2. The van der Waals surface area contributed by atoms with E-state index < -0.39 is 6.04 Å². The van der Waals surface area contributed by atoms with Crippen molar-refractivity contribution in [1.29, 1.82) is 0 Å². The molecule has 2 amide bonds. The molecule has 2 rings (SSSR count). The van der Waals surface area contributed by atoms with Gasteiger partial charge in [-0.2, -0.15) is 0 Å². The number of halogens is 3.